The van der Waals surface area contributed by atoms with Crippen LogP contribution >= 0.6 is 0 Å². The van der Waals surface area contributed by atoms with Crippen molar-refractivity contribution < 1.29 is 28.5 Å². The standard InChI is InChI=1S/C11H11F2NO4/c12-6-1-2-9(7(13)3-6)18-10-5-14(11(16)17)4-8(10)15/h1-3,8,10,15H,4-5H2,(H,16,17). The molecule has 7 heteroatoms. The van der Waals surface area contributed by atoms with Gasteiger partial charge >= 0.3 is 6.09 Å². The highest BCUT2D eigenvalue weighted by Crippen LogP contribution is 2.22. The first-order valence-corrected chi connectivity index (χ1v) is 5.25. The molecule has 2 N–H and O–H groups in total. The largest absolute Gasteiger partial charge is 0.483 e. The van der Waals surface area contributed by atoms with E-state index in [4.69, 9.17) is 9.84 Å². The topological polar surface area (TPSA) is 70.0 Å². The van der Waals surface area contributed by atoms with E-state index in [1.807, 2.05) is 0 Å². The number of aliphatic hydroxyl groups excluding tert-OH is 1. The quantitative estimate of drug-likeness (QED) is 0.833. The van der Waals surface area contributed by atoms with Gasteiger partial charge in [0.05, 0.1) is 13.1 Å². The number of hydrogen-bond acceptors (Lipinski definition) is 3. The number of aliphatic hydroxyl groups is 1. The molecule has 2 rings (SSSR count). The molecule has 0 saturated carbocycles. The molecule has 1 saturated heterocycles. The Morgan fingerprint density at radius 1 is 1.39 bits per heavy atom. The fourth-order valence-corrected chi connectivity index (χ4v) is 1.76. The van der Waals surface area contributed by atoms with Gasteiger partial charge in [0.25, 0.3) is 0 Å². The smallest absolute Gasteiger partial charge is 0.407 e. The predicted molar refractivity (Wildman–Crippen MR) is 56.4 cm³/mol. The van der Waals surface area contributed by atoms with Crippen LogP contribution in [0.4, 0.5) is 13.6 Å². The van der Waals surface area contributed by atoms with Crippen LogP contribution < -0.4 is 4.74 Å². The van der Waals surface area contributed by atoms with Crippen molar-refractivity contribution in [3.05, 3.63) is 29.8 Å². The first-order valence-electron chi connectivity index (χ1n) is 5.25. The van der Waals surface area contributed by atoms with E-state index < -0.39 is 29.9 Å². The van der Waals surface area contributed by atoms with E-state index in [-0.39, 0.29) is 18.8 Å². The summed E-state index contributed by atoms with van der Waals surface area (Å²) in [6.07, 6.45) is -3.08. The van der Waals surface area contributed by atoms with Gasteiger partial charge in [-0.15, -0.1) is 0 Å². The van der Waals surface area contributed by atoms with Crippen molar-refractivity contribution in [2.24, 2.45) is 0 Å². The number of rotatable bonds is 2. The number of nitrogens with zero attached hydrogens (tertiary/aromatic N) is 1. The van der Waals surface area contributed by atoms with Gasteiger partial charge < -0.3 is 19.8 Å². The summed E-state index contributed by atoms with van der Waals surface area (Å²) < 4.78 is 31.1. The van der Waals surface area contributed by atoms with Crippen molar-refractivity contribution in [2.45, 2.75) is 12.2 Å². The SMILES string of the molecule is O=C(O)N1CC(O)C(Oc2ccc(F)cc2F)C1. The van der Waals surface area contributed by atoms with Crippen molar-refractivity contribution >= 4 is 6.09 Å². The van der Waals surface area contributed by atoms with Crippen molar-refractivity contribution in [3.63, 3.8) is 0 Å². The molecule has 0 aliphatic carbocycles. The van der Waals surface area contributed by atoms with Crippen LogP contribution in [0.15, 0.2) is 18.2 Å². The summed E-state index contributed by atoms with van der Waals surface area (Å²) in [5.41, 5.74) is 0. The molecule has 2 atom stereocenters. The Morgan fingerprint density at radius 3 is 2.67 bits per heavy atom. The van der Waals surface area contributed by atoms with Crippen LogP contribution in [0.3, 0.4) is 0 Å². The monoisotopic (exact) mass is 259 g/mol. The minimum Gasteiger partial charge on any atom is -0.483 e. The summed E-state index contributed by atoms with van der Waals surface area (Å²) in [4.78, 5) is 11.7. The summed E-state index contributed by atoms with van der Waals surface area (Å²) in [6, 6.07) is 2.78. The van der Waals surface area contributed by atoms with Gasteiger partial charge in [0.1, 0.15) is 18.0 Å². The molecule has 2 unspecified atom stereocenters. The molecular weight excluding hydrogens is 248 g/mol. The zero-order valence-electron chi connectivity index (χ0n) is 9.22. The van der Waals surface area contributed by atoms with Crippen LogP contribution in [0.2, 0.25) is 0 Å². The molecule has 98 valence electrons. The van der Waals surface area contributed by atoms with Crippen LogP contribution in [-0.4, -0.2) is 46.5 Å². The minimum atomic E-state index is -1.18. The molecule has 1 fully saturated rings. The summed E-state index contributed by atoms with van der Waals surface area (Å²) in [5.74, 6) is -1.84. The van der Waals surface area contributed by atoms with Gasteiger partial charge in [-0.25, -0.2) is 13.6 Å². The number of amides is 1. The Hall–Kier alpha value is -1.89. The molecular formula is C11H11F2NO4. The molecule has 1 amide bonds. The van der Waals surface area contributed by atoms with Crippen molar-refractivity contribution in [1.82, 2.24) is 4.90 Å². The Balaban J connectivity index is 2.08. The summed E-state index contributed by atoms with van der Waals surface area (Å²) in [5, 5.41) is 18.3. The van der Waals surface area contributed by atoms with Gasteiger partial charge in [0.2, 0.25) is 0 Å². The lowest BCUT2D eigenvalue weighted by atomic mass is 10.2. The van der Waals surface area contributed by atoms with Gasteiger partial charge in [-0.2, -0.15) is 0 Å². The molecule has 1 heterocycles. The maximum absolute atomic E-state index is 13.3. The summed E-state index contributed by atoms with van der Waals surface area (Å²) in [6.45, 7) is -0.157. The third kappa shape index (κ3) is 2.51. The highest BCUT2D eigenvalue weighted by molar-refractivity contribution is 5.65. The fourth-order valence-electron chi connectivity index (χ4n) is 1.76. The van der Waals surface area contributed by atoms with Crippen LogP contribution in [0.25, 0.3) is 0 Å². The lowest BCUT2D eigenvalue weighted by Gasteiger charge is -2.16. The first kappa shape index (κ1) is 12.6. The number of ether oxygens (including phenoxy) is 1. The molecule has 1 aliphatic heterocycles. The van der Waals surface area contributed by atoms with Crippen LogP contribution in [-0.2, 0) is 0 Å². The Labute approximate surface area is 101 Å². The number of benzene rings is 1. The summed E-state index contributed by atoms with van der Waals surface area (Å²) >= 11 is 0. The first-order chi connectivity index (χ1) is 8.47. The van der Waals surface area contributed by atoms with E-state index in [1.54, 1.807) is 0 Å². The van der Waals surface area contributed by atoms with Gasteiger partial charge in [-0.3, -0.25) is 0 Å². The van der Waals surface area contributed by atoms with Crippen LogP contribution in [0.5, 0.6) is 5.75 Å². The predicted octanol–water partition coefficient (Wildman–Crippen LogP) is 1.07. The molecule has 0 spiro atoms. The number of hydrogen-bond donors (Lipinski definition) is 2. The summed E-state index contributed by atoms with van der Waals surface area (Å²) in [7, 11) is 0. The number of β-amino-alcohol motifs (C(OH)–C–C–N with tert-alkyl or cyclic N) is 1. The van der Waals surface area contributed by atoms with Gasteiger partial charge in [0, 0.05) is 6.07 Å². The van der Waals surface area contributed by atoms with Crippen molar-refractivity contribution in [1.29, 1.82) is 0 Å². The lowest BCUT2D eigenvalue weighted by molar-refractivity contribution is 0.0709. The van der Waals surface area contributed by atoms with E-state index in [1.165, 1.54) is 0 Å². The molecule has 5 nitrogen and oxygen atoms in total. The highest BCUT2D eigenvalue weighted by Gasteiger charge is 2.36. The van der Waals surface area contributed by atoms with Gasteiger partial charge in [-0.05, 0) is 12.1 Å². The average molecular weight is 259 g/mol. The maximum Gasteiger partial charge on any atom is 0.407 e. The number of carbonyl (C=O) groups is 1. The third-order valence-corrected chi connectivity index (χ3v) is 2.68. The van der Waals surface area contributed by atoms with E-state index in [0.717, 1.165) is 17.0 Å². The van der Waals surface area contributed by atoms with Crippen LogP contribution in [0.1, 0.15) is 0 Å². The van der Waals surface area contributed by atoms with Crippen molar-refractivity contribution in [3.8, 4) is 5.75 Å². The second-order valence-corrected chi connectivity index (χ2v) is 3.99. The molecule has 18 heavy (non-hydrogen) atoms. The zero-order chi connectivity index (χ0) is 13.3. The maximum atomic E-state index is 13.3. The Morgan fingerprint density at radius 2 is 2.11 bits per heavy atom. The molecule has 1 aliphatic rings. The van der Waals surface area contributed by atoms with E-state index in [9.17, 15) is 18.7 Å². The average Bonchev–Trinajstić information content (AvgIpc) is 2.64. The molecule has 0 aromatic heterocycles. The fraction of sp³-hybridized carbons (Fsp3) is 0.364. The minimum absolute atomic E-state index is 0.0622. The van der Waals surface area contributed by atoms with E-state index >= 15 is 0 Å². The normalized spacial score (nSPS) is 23.2. The number of likely N-dealkylation sites (tertiary alicyclic amines) is 1. The zero-order valence-corrected chi connectivity index (χ0v) is 9.22. The Bertz CT molecular complexity index is 468. The molecule has 0 radical (unpaired) electrons. The van der Waals surface area contributed by atoms with Crippen molar-refractivity contribution in [2.75, 3.05) is 13.1 Å². The third-order valence-electron chi connectivity index (χ3n) is 2.68. The molecule has 1 aromatic carbocycles. The molecule has 1 aromatic rings. The van der Waals surface area contributed by atoms with Gasteiger partial charge in [-0.1, -0.05) is 0 Å². The lowest BCUT2D eigenvalue weighted by Crippen LogP contribution is -2.30. The van der Waals surface area contributed by atoms with E-state index in [2.05, 4.69) is 0 Å². The van der Waals surface area contributed by atoms with Gasteiger partial charge in [0.15, 0.2) is 11.6 Å². The highest BCUT2D eigenvalue weighted by atomic mass is 19.1. The van der Waals surface area contributed by atoms with Crippen LogP contribution in [0, 0.1) is 11.6 Å². The second kappa shape index (κ2) is 4.77. The molecule has 0 bridgehead atoms. The van der Waals surface area contributed by atoms with E-state index in [0.29, 0.717) is 6.07 Å². The number of carboxylic acid groups (broad SMARTS) is 1. The Kier molecular flexibility index (Phi) is 3.33. The second-order valence-electron chi connectivity index (χ2n) is 3.99. The number of halogens is 2.